The van der Waals surface area contributed by atoms with Crippen LogP contribution in [0.15, 0.2) is 121 Å². The molecule has 0 spiro atoms. The van der Waals surface area contributed by atoms with Crippen molar-refractivity contribution in [3.63, 3.8) is 0 Å². The number of anilines is 3. The average molecular weight is 424 g/mol. The summed E-state index contributed by atoms with van der Waals surface area (Å²) in [5, 5.41) is 0. The molecule has 5 aromatic rings. The predicted octanol–water partition coefficient (Wildman–Crippen LogP) is 8.70. The smallest absolute Gasteiger partial charge is 0.0503 e. The molecule has 0 atom stereocenters. The van der Waals surface area contributed by atoms with Gasteiger partial charge in [0.05, 0.1) is 5.69 Å². The first-order chi connectivity index (χ1) is 16.3. The lowest BCUT2D eigenvalue weighted by Crippen LogP contribution is -2.12. The molecule has 0 saturated carbocycles. The Kier molecular flexibility index (Phi) is 4.81. The van der Waals surface area contributed by atoms with E-state index in [-0.39, 0.29) is 0 Å². The minimum absolute atomic E-state index is 0.964. The Labute approximate surface area is 195 Å². The first-order valence-electron chi connectivity index (χ1n) is 11.5. The average Bonchev–Trinajstić information content (AvgIpc) is 3.26. The van der Waals surface area contributed by atoms with Crippen molar-refractivity contribution in [2.75, 3.05) is 4.90 Å². The van der Waals surface area contributed by atoms with Crippen LogP contribution in [0.4, 0.5) is 17.1 Å². The quantitative estimate of drug-likeness (QED) is 0.274. The molecule has 1 aliphatic carbocycles. The Morgan fingerprint density at radius 3 is 1.88 bits per heavy atom. The van der Waals surface area contributed by atoms with Crippen LogP contribution in [0, 0.1) is 6.92 Å². The van der Waals surface area contributed by atoms with Gasteiger partial charge in [-0.1, -0.05) is 96.6 Å². The fraction of sp³-hybridized carbons (Fsp3) is 0.0625. The molecular formula is C32H25N. The van der Waals surface area contributed by atoms with Gasteiger partial charge in [-0.2, -0.15) is 0 Å². The monoisotopic (exact) mass is 423 g/mol. The van der Waals surface area contributed by atoms with Crippen LogP contribution in [0.3, 0.4) is 0 Å². The van der Waals surface area contributed by atoms with Crippen molar-refractivity contribution in [2.45, 2.75) is 13.3 Å². The number of fused-ring (bicyclic) bond motifs is 3. The Balaban J connectivity index is 1.49. The lowest BCUT2D eigenvalue weighted by atomic mass is 10.0. The number of nitrogens with zero attached hydrogens (tertiary/aromatic N) is 1. The van der Waals surface area contributed by atoms with Crippen molar-refractivity contribution >= 4 is 17.1 Å². The van der Waals surface area contributed by atoms with E-state index in [2.05, 4.69) is 133 Å². The van der Waals surface area contributed by atoms with Gasteiger partial charge in [-0.15, -0.1) is 0 Å². The van der Waals surface area contributed by atoms with E-state index >= 15 is 0 Å². The zero-order chi connectivity index (χ0) is 22.2. The molecule has 0 aliphatic heterocycles. The Morgan fingerprint density at radius 2 is 1.12 bits per heavy atom. The molecule has 0 aromatic heterocycles. The van der Waals surface area contributed by atoms with Crippen molar-refractivity contribution in [1.82, 2.24) is 0 Å². The highest BCUT2D eigenvalue weighted by Crippen LogP contribution is 2.45. The summed E-state index contributed by atoms with van der Waals surface area (Å²) >= 11 is 0. The topological polar surface area (TPSA) is 3.24 Å². The van der Waals surface area contributed by atoms with Crippen LogP contribution in [0.25, 0.3) is 22.3 Å². The maximum atomic E-state index is 2.40. The van der Waals surface area contributed by atoms with E-state index in [0.29, 0.717) is 0 Å². The van der Waals surface area contributed by atoms with Crippen LogP contribution in [0.5, 0.6) is 0 Å². The fourth-order valence-electron chi connectivity index (χ4n) is 4.90. The van der Waals surface area contributed by atoms with E-state index in [0.717, 1.165) is 6.42 Å². The largest absolute Gasteiger partial charge is 0.310 e. The van der Waals surface area contributed by atoms with Gasteiger partial charge in [0.25, 0.3) is 0 Å². The molecule has 0 heterocycles. The highest BCUT2D eigenvalue weighted by molar-refractivity contribution is 5.88. The SMILES string of the molecule is Cc1ccc(N(c2ccc(-c3ccccc3)cc2)c2cccc3c2Cc2ccccc2-3)cc1. The van der Waals surface area contributed by atoms with E-state index < -0.39 is 0 Å². The van der Waals surface area contributed by atoms with Crippen LogP contribution in [-0.2, 0) is 6.42 Å². The third-order valence-electron chi connectivity index (χ3n) is 6.59. The molecule has 1 aliphatic rings. The molecule has 0 saturated heterocycles. The van der Waals surface area contributed by atoms with Crippen LogP contribution >= 0.6 is 0 Å². The highest BCUT2D eigenvalue weighted by atomic mass is 15.1. The number of hydrogen-bond acceptors (Lipinski definition) is 1. The molecule has 1 heteroatoms. The van der Waals surface area contributed by atoms with Crippen molar-refractivity contribution in [3.8, 4) is 22.3 Å². The standard InChI is InChI=1S/C32H25N/c1-23-14-18-27(19-15-23)33(28-20-16-25(17-21-28)24-8-3-2-4-9-24)32-13-7-12-30-29-11-6-5-10-26(29)22-31(30)32/h2-21H,22H2,1H3. The predicted molar refractivity (Wildman–Crippen MR) is 140 cm³/mol. The molecule has 0 amide bonds. The molecule has 33 heavy (non-hydrogen) atoms. The molecular weight excluding hydrogens is 398 g/mol. The van der Waals surface area contributed by atoms with Gasteiger partial charge in [-0.3, -0.25) is 0 Å². The Hall–Kier alpha value is -4.10. The fourth-order valence-corrected chi connectivity index (χ4v) is 4.90. The molecule has 0 N–H and O–H groups in total. The van der Waals surface area contributed by atoms with Gasteiger partial charge in [0.15, 0.2) is 0 Å². The van der Waals surface area contributed by atoms with Crippen molar-refractivity contribution in [1.29, 1.82) is 0 Å². The van der Waals surface area contributed by atoms with Gasteiger partial charge >= 0.3 is 0 Å². The summed E-state index contributed by atoms with van der Waals surface area (Å²) < 4.78 is 0. The first-order valence-corrected chi connectivity index (χ1v) is 11.5. The third kappa shape index (κ3) is 3.52. The molecule has 0 unspecified atom stereocenters. The number of hydrogen-bond donors (Lipinski definition) is 0. The summed E-state index contributed by atoms with van der Waals surface area (Å²) in [6.07, 6.45) is 0.964. The van der Waals surface area contributed by atoms with Gasteiger partial charge in [0.1, 0.15) is 0 Å². The van der Waals surface area contributed by atoms with E-state index in [1.807, 2.05) is 0 Å². The summed E-state index contributed by atoms with van der Waals surface area (Å²) in [5.74, 6) is 0. The summed E-state index contributed by atoms with van der Waals surface area (Å²) in [4.78, 5) is 2.40. The lowest BCUT2D eigenvalue weighted by molar-refractivity contribution is 1.20. The Bertz CT molecular complexity index is 1410. The van der Waals surface area contributed by atoms with Crippen molar-refractivity contribution in [2.24, 2.45) is 0 Å². The van der Waals surface area contributed by atoms with E-state index in [9.17, 15) is 0 Å². The van der Waals surface area contributed by atoms with E-state index in [1.54, 1.807) is 0 Å². The third-order valence-corrected chi connectivity index (χ3v) is 6.59. The molecule has 0 radical (unpaired) electrons. The number of benzene rings is 5. The molecule has 5 aromatic carbocycles. The number of rotatable bonds is 4. The van der Waals surface area contributed by atoms with E-state index in [1.165, 1.54) is 56.0 Å². The summed E-state index contributed by atoms with van der Waals surface area (Å²) in [5.41, 5.74) is 12.8. The maximum Gasteiger partial charge on any atom is 0.0503 e. The zero-order valence-electron chi connectivity index (χ0n) is 18.7. The van der Waals surface area contributed by atoms with Crippen molar-refractivity contribution < 1.29 is 0 Å². The second-order valence-corrected chi connectivity index (χ2v) is 8.72. The maximum absolute atomic E-state index is 2.40. The minimum atomic E-state index is 0.964. The molecule has 1 nitrogen and oxygen atoms in total. The number of aryl methyl sites for hydroxylation is 1. The highest BCUT2D eigenvalue weighted by Gasteiger charge is 2.24. The van der Waals surface area contributed by atoms with Gasteiger partial charge < -0.3 is 4.90 Å². The van der Waals surface area contributed by atoms with Crippen LogP contribution < -0.4 is 4.90 Å². The Morgan fingerprint density at radius 1 is 0.515 bits per heavy atom. The summed E-state index contributed by atoms with van der Waals surface area (Å²) in [6, 6.07) is 43.8. The molecule has 0 fully saturated rings. The van der Waals surface area contributed by atoms with Crippen LogP contribution in [0.1, 0.15) is 16.7 Å². The summed E-state index contributed by atoms with van der Waals surface area (Å²) in [7, 11) is 0. The van der Waals surface area contributed by atoms with Gasteiger partial charge in [0, 0.05) is 17.8 Å². The minimum Gasteiger partial charge on any atom is -0.310 e. The van der Waals surface area contributed by atoms with E-state index in [4.69, 9.17) is 0 Å². The second-order valence-electron chi connectivity index (χ2n) is 8.72. The normalized spacial score (nSPS) is 11.7. The van der Waals surface area contributed by atoms with Crippen molar-refractivity contribution in [3.05, 3.63) is 138 Å². The van der Waals surface area contributed by atoms with Gasteiger partial charge in [0.2, 0.25) is 0 Å². The first kappa shape index (κ1) is 19.6. The molecule has 6 rings (SSSR count). The van der Waals surface area contributed by atoms with Gasteiger partial charge in [-0.05, 0) is 70.6 Å². The molecule has 0 bridgehead atoms. The van der Waals surface area contributed by atoms with Gasteiger partial charge in [-0.25, -0.2) is 0 Å². The van der Waals surface area contributed by atoms with Crippen LogP contribution in [-0.4, -0.2) is 0 Å². The molecule has 158 valence electrons. The summed E-state index contributed by atoms with van der Waals surface area (Å²) in [6.45, 7) is 2.14. The zero-order valence-corrected chi connectivity index (χ0v) is 18.7. The van der Waals surface area contributed by atoms with Crippen LogP contribution in [0.2, 0.25) is 0 Å². The second kappa shape index (κ2) is 8.11. The lowest BCUT2D eigenvalue weighted by Gasteiger charge is -2.28.